The second kappa shape index (κ2) is 10.1. The molecular weight excluding hydrogens is 453 g/mol. The third kappa shape index (κ3) is 6.35. The quantitative estimate of drug-likeness (QED) is 0.591. The Kier molecular flexibility index (Phi) is 7.43. The first-order valence-corrected chi connectivity index (χ1v) is 10.1. The summed E-state index contributed by atoms with van der Waals surface area (Å²) in [4.78, 5) is 35.7. The molecule has 1 saturated heterocycles. The van der Waals surface area contributed by atoms with Crippen LogP contribution in [0.5, 0.6) is 0 Å². The van der Waals surface area contributed by atoms with Crippen LogP contribution in [0.1, 0.15) is 24.0 Å². The fourth-order valence-electron chi connectivity index (χ4n) is 3.28. The van der Waals surface area contributed by atoms with Gasteiger partial charge >= 0.3 is 6.18 Å². The zero-order valence-corrected chi connectivity index (χ0v) is 17.6. The fraction of sp³-hybridized carbons (Fsp3) is 0.526. The molecule has 180 valence electrons. The van der Waals surface area contributed by atoms with E-state index in [-0.39, 0.29) is 18.7 Å². The number of carbonyl (C=O) groups excluding carboxylic acids is 1. The number of nitrogens with zero attached hydrogens (tertiary/aromatic N) is 5. The van der Waals surface area contributed by atoms with E-state index >= 15 is 0 Å². The van der Waals surface area contributed by atoms with E-state index in [1.807, 2.05) is 11.8 Å². The van der Waals surface area contributed by atoms with Gasteiger partial charge in [-0.15, -0.1) is 0 Å². The molecule has 1 aliphatic heterocycles. The number of alkyl halides is 5. The van der Waals surface area contributed by atoms with Crippen LogP contribution < -0.4 is 15.8 Å². The lowest BCUT2D eigenvalue weighted by Gasteiger charge is -2.35. The minimum absolute atomic E-state index is 0.238. The molecule has 1 fully saturated rings. The monoisotopic (exact) mass is 475 g/mol. The van der Waals surface area contributed by atoms with Crippen molar-refractivity contribution in [2.24, 2.45) is 0 Å². The van der Waals surface area contributed by atoms with Crippen LogP contribution in [-0.2, 0) is 11.0 Å². The Morgan fingerprint density at radius 1 is 1.18 bits per heavy atom. The smallest absolute Gasteiger partial charge is 0.360 e. The van der Waals surface area contributed by atoms with Crippen molar-refractivity contribution in [1.82, 2.24) is 25.1 Å². The van der Waals surface area contributed by atoms with E-state index in [0.717, 1.165) is 5.56 Å². The Labute approximate surface area is 185 Å². The highest BCUT2D eigenvalue weighted by molar-refractivity contribution is 5.76. The number of carbonyl (C=O) groups is 1. The SMILES string of the molecule is Cc1cnc(N2CCN(C(=O)CC[C@@H](Nc3cc(C(F)(F)F)c(=O)[nH]n3)C(F)F)CC2)nc1. The number of aromatic nitrogens is 4. The van der Waals surface area contributed by atoms with Gasteiger partial charge in [0.1, 0.15) is 11.4 Å². The molecule has 9 nitrogen and oxygen atoms in total. The number of piperazine rings is 1. The predicted octanol–water partition coefficient (Wildman–Crippen LogP) is 2.06. The van der Waals surface area contributed by atoms with E-state index < -0.39 is 35.6 Å². The van der Waals surface area contributed by atoms with Crippen molar-refractivity contribution in [3.63, 3.8) is 0 Å². The summed E-state index contributed by atoms with van der Waals surface area (Å²) in [6, 6.07) is -1.27. The van der Waals surface area contributed by atoms with Crippen LogP contribution in [0, 0.1) is 6.92 Å². The van der Waals surface area contributed by atoms with Crippen LogP contribution in [0.15, 0.2) is 23.3 Å². The molecule has 1 amide bonds. The standard InChI is InChI=1S/C19H22F5N7O2/c1-11-9-25-18(26-10-11)31-6-4-30(5-7-31)15(32)3-2-13(16(20)21)27-14-8-12(19(22,23)24)17(33)29-28-14/h8-10,13,16H,2-7H2,1H3,(H,27,28)(H,29,33)/t13-/m1/s1. The van der Waals surface area contributed by atoms with E-state index in [1.165, 1.54) is 4.90 Å². The van der Waals surface area contributed by atoms with Gasteiger partial charge in [0.25, 0.3) is 12.0 Å². The lowest BCUT2D eigenvalue weighted by molar-refractivity contribution is -0.138. The molecule has 3 heterocycles. The molecule has 0 unspecified atom stereocenters. The van der Waals surface area contributed by atoms with Gasteiger partial charge < -0.3 is 15.1 Å². The number of hydrogen-bond donors (Lipinski definition) is 2. The van der Waals surface area contributed by atoms with E-state index in [1.54, 1.807) is 17.5 Å². The summed E-state index contributed by atoms with van der Waals surface area (Å²) in [5.74, 6) is -0.370. The number of halogens is 5. The molecule has 2 N–H and O–H groups in total. The summed E-state index contributed by atoms with van der Waals surface area (Å²) in [5.41, 5.74) is -2.12. The number of aromatic amines is 1. The van der Waals surface area contributed by atoms with Crippen molar-refractivity contribution in [1.29, 1.82) is 0 Å². The van der Waals surface area contributed by atoms with E-state index in [4.69, 9.17) is 0 Å². The molecule has 0 aromatic carbocycles. The number of H-pyrrole nitrogens is 1. The van der Waals surface area contributed by atoms with Crippen LogP contribution in [-0.4, -0.2) is 69.6 Å². The number of aryl methyl sites for hydroxylation is 1. The Hall–Kier alpha value is -3.32. The minimum atomic E-state index is -4.96. The molecule has 0 spiro atoms. The van der Waals surface area contributed by atoms with Crippen molar-refractivity contribution in [2.45, 2.75) is 38.4 Å². The van der Waals surface area contributed by atoms with Crippen molar-refractivity contribution in [3.8, 4) is 0 Å². The summed E-state index contributed by atoms with van der Waals surface area (Å²) in [7, 11) is 0. The molecule has 14 heteroatoms. The molecule has 1 atom stereocenters. The lowest BCUT2D eigenvalue weighted by Crippen LogP contribution is -2.49. The van der Waals surface area contributed by atoms with Crippen molar-refractivity contribution < 1.29 is 26.7 Å². The number of hydrogen-bond acceptors (Lipinski definition) is 7. The normalized spacial score (nSPS) is 15.6. The Balaban J connectivity index is 1.54. The number of nitrogens with one attached hydrogen (secondary N) is 2. The maximum absolute atomic E-state index is 13.4. The summed E-state index contributed by atoms with van der Waals surface area (Å²) in [6.45, 7) is 3.54. The van der Waals surface area contributed by atoms with Crippen LogP contribution in [0.3, 0.4) is 0 Å². The van der Waals surface area contributed by atoms with Crippen LogP contribution in [0.25, 0.3) is 0 Å². The summed E-state index contributed by atoms with van der Waals surface area (Å²) in [5, 5.41) is 7.16. The molecular formula is C19H22F5N7O2. The van der Waals surface area contributed by atoms with Crippen molar-refractivity contribution in [2.75, 3.05) is 36.4 Å². The molecule has 33 heavy (non-hydrogen) atoms. The fourth-order valence-corrected chi connectivity index (χ4v) is 3.28. The Bertz CT molecular complexity index is 1000. The summed E-state index contributed by atoms with van der Waals surface area (Å²) in [6.07, 6.45) is -5.14. The molecule has 1 aliphatic rings. The zero-order valence-electron chi connectivity index (χ0n) is 17.6. The van der Waals surface area contributed by atoms with Gasteiger partial charge in [-0.2, -0.15) is 18.3 Å². The predicted molar refractivity (Wildman–Crippen MR) is 108 cm³/mol. The van der Waals surface area contributed by atoms with Crippen LogP contribution in [0.4, 0.5) is 33.7 Å². The van der Waals surface area contributed by atoms with Crippen LogP contribution in [0.2, 0.25) is 0 Å². The van der Waals surface area contributed by atoms with Gasteiger partial charge in [0.2, 0.25) is 11.9 Å². The van der Waals surface area contributed by atoms with Gasteiger partial charge in [0.15, 0.2) is 0 Å². The first kappa shape index (κ1) is 24.3. The molecule has 2 aromatic rings. The first-order chi connectivity index (χ1) is 15.5. The van der Waals surface area contributed by atoms with Gasteiger partial charge in [-0.25, -0.2) is 23.8 Å². The second-order valence-electron chi connectivity index (χ2n) is 7.55. The van der Waals surface area contributed by atoms with Gasteiger partial charge in [0, 0.05) is 51.1 Å². The minimum Gasteiger partial charge on any atom is -0.360 e. The first-order valence-electron chi connectivity index (χ1n) is 10.1. The average Bonchev–Trinajstić information content (AvgIpc) is 2.77. The summed E-state index contributed by atoms with van der Waals surface area (Å²) < 4.78 is 65.4. The largest absolute Gasteiger partial charge is 0.421 e. The lowest BCUT2D eigenvalue weighted by atomic mass is 10.1. The molecule has 0 aliphatic carbocycles. The van der Waals surface area contributed by atoms with Crippen molar-refractivity contribution in [3.05, 3.63) is 39.9 Å². The van der Waals surface area contributed by atoms with E-state index in [2.05, 4.69) is 20.4 Å². The topological polar surface area (TPSA) is 107 Å². The van der Waals surface area contributed by atoms with Gasteiger partial charge in [-0.3, -0.25) is 9.59 Å². The van der Waals surface area contributed by atoms with Gasteiger partial charge in [0.05, 0.1) is 6.04 Å². The number of amides is 1. The van der Waals surface area contributed by atoms with Crippen molar-refractivity contribution >= 4 is 17.7 Å². The Morgan fingerprint density at radius 3 is 2.39 bits per heavy atom. The van der Waals surface area contributed by atoms with Crippen LogP contribution >= 0.6 is 0 Å². The zero-order chi connectivity index (χ0) is 24.2. The molecule has 0 bridgehead atoms. The number of rotatable bonds is 7. The number of anilines is 2. The second-order valence-corrected chi connectivity index (χ2v) is 7.55. The van der Waals surface area contributed by atoms with Gasteiger partial charge in [-0.05, 0) is 18.9 Å². The maximum Gasteiger partial charge on any atom is 0.421 e. The molecule has 0 radical (unpaired) electrons. The average molecular weight is 475 g/mol. The highest BCUT2D eigenvalue weighted by atomic mass is 19.4. The maximum atomic E-state index is 13.4. The van der Waals surface area contributed by atoms with Gasteiger partial charge in [-0.1, -0.05) is 0 Å². The highest BCUT2D eigenvalue weighted by Crippen LogP contribution is 2.27. The molecule has 3 rings (SSSR count). The molecule has 0 saturated carbocycles. The third-order valence-corrected chi connectivity index (χ3v) is 5.10. The van der Waals surface area contributed by atoms with E-state index in [9.17, 15) is 31.5 Å². The highest BCUT2D eigenvalue weighted by Gasteiger charge is 2.35. The Morgan fingerprint density at radius 2 is 1.82 bits per heavy atom. The third-order valence-electron chi connectivity index (χ3n) is 5.10. The molecule has 2 aromatic heterocycles. The summed E-state index contributed by atoms with van der Waals surface area (Å²) >= 11 is 0. The van der Waals surface area contributed by atoms with E-state index in [0.29, 0.717) is 38.2 Å².